The lowest BCUT2D eigenvalue weighted by atomic mass is 10.1. The first-order valence-electron chi connectivity index (χ1n) is 5.70. The van der Waals surface area contributed by atoms with Crippen molar-refractivity contribution in [3.63, 3.8) is 0 Å². The van der Waals surface area contributed by atoms with E-state index < -0.39 is 0 Å². The third-order valence-corrected chi connectivity index (χ3v) is 3.28. The van der Waals surface area contributed by atoms with Gasteiger partial charge in [0.05, 0.1) is 6.04 Å². The second-order valence-electron chi connectivity index (χ2n) is 4.22. The normalized spacial score (nSPS) is 17.2. The molecule has 0 N–H and O–H groups in total. The van der Waals surface area contributed by atoms with E-state index >= 15 is 0 Å². The molecule has 1 aromatic carbocycles. The fourth-order valence-electron chi connectivity index (χ4n) is 2.11. The number of rotatable bonds is 4. The van der Waals surface area contributed by atoms with Crippen molar-refractivity contribution in [1.82, 2.24) is 4.90 Å². The average Bonchev–Trinajstić information content (AvgIpc) is 2.75. The minimum Gasteiger partial charge on any atom is -0.333 e. The van der Waals surface area contributed by atoms with Crippen LogP contribution in [0, 0.1) is 0 Å². The number of amides is 1. The lowest BCUT2D eigenvalue weighted by Gasteiger charge is -2.22. The molecular formula is C13H14ClNO2. The molecule has 0 bridgehead atoms. The van der Waals surface area contributed by atoms with Crippen molar-refractivity contribution in [2.24, 2.45) is 0 Å². The van der Waals surface area contributed by atoms with Gasteiger partial charge in [0.1, 0.15) is 6.29 Å². The van der Waals surface area contributed by atoms with Crippen molar-refractivity contribution in [2.45, 2.75) is 25.3 Å². The van der Waals surface area contributed by atoms with Crippen LogP contribution < -0.4 is 0 Å². The zero-order chi connectivity index (χ0) is 12.3. The summed E-state index contributed by atoms with van der Waals surface area (Å²) in [6.45, 7) is 0.690. The summed E-state index contributed by atoms with van der Waals surface area (Å²) in [5, 5.41) is 0.675. The predicted octanol–water partition coefficient (Wildman–Crippen LogP) is 2.07. The quantitative estimate of drug-likeness (QED) is 0.769. The van der Waals surface area contributed by atoms with Crippen LogP contribution >= 0.6 is 11.6 Å². The number of halogens is 1. The fraction of sp³-hybridized carbons (Fsp3) is 0.385. The summed E-state index contributed by atoms with van der Waals surface area (Å²) >= 11 is 5.80. The number of likely N-dealkylation sites (tertiary alicyclic amines) is 1. The van der Waals surface area contributed by atoms with Crippen LogP contribution in [-0.2, 0) is 16.0 Å². The van der Waals surface area contributed by atoms with Gasteiger partial charge in [0.15, 0.2) is 0 Å². The molecule has 1 heterocycles. The second kappa shape index (κ2) is 5.32. The predicted molar refractivity (Wildman–Crippen MR) is 66.0 cm³/mol. The van der Waals surface area contributed by atoms with Crippen molar-refractivity contribution < 1.29 is 9.59 Å². The molecular weight excluding hydrogens is 238 g/mol. The standard InChI is InChI=1S/C13H14ClNO2/c14-11-5-3-10(4-6-11)8-12(9-16)15-7-1-2-13(15)17/h3-6,9,12H,1-2,7-8H2/t12-/m1/s1. The SMILES string of the molecule is O=C[C@@H](Cc1ccc(Cl)cc1)N1CCCC1=O. The maximum absolute atomic E-state index is 11.6. The van der Waals surface area contributed by atoms with Gasteiger partial charge in [-0.1, -0.05) is 23.7 Å². The van der Waals surface area contributed by atoms with Crippen LogP contribution in [0.2, 0.25) is 5.02 Å². The van der Waals surface area contributed by atoms with Crippen LogP contribution in [0.3, 0.4) is 0 Å². The molecule has 0 saturated carbocycles. The summed E-state index contributed by atoms with van der Waals surface area (Å²) in [7, 11) is 0. The zero-order valence-corrected chi connectivity index (χ0v) is 10.2. The van der Waals surface area contributed by atoms with Crippen LogP contribution in [-0.4, -0.2) is 29.7 Å². The lowest BCUT2D eigenvalue weighted by molar-refractivity contribution is -0.132. The number of carbonyl (C=O) groups is 2. The van der Waals surface area contributed by atoms with Crippen molar-refractivity contribution in [3.8, 4) is 0 Å². The summed E-state index contributed by atoms with van der Waals surface area (Å²) in [6, 6.07) is 7.03. The summed E-state index contributed by atoms with van der Waals surface area (Å²) in [6.07, 6.45) is 2.83. The van der Waals surface area contributed by atoms with Gasteiger partial charge in [-0.3, -0.25) is 4.79 Å². The molecule has 1 saturated heterocycles. The average molecular weight is 252 g/mol. The van der Waals surface area contributed by atoms with Crippen molar-refractivity contribution in [2.75, 3.05) is 6.54 Å². The molecule has 4 heteroatoms. The van der Waals surface area contributed by atoms with Gasteiger partial charge in [-0.2, -0.15) is 0 Å². The second-order valence-corrected chi connectivity index (χ2v) is 4.66. The van der Waals surface area contributed by atoms with Gasteiger partial charge in [-0.15, -0.1) is 0 Å². The highest BCUT2D eigenvalue weighted by atomic mass is 35.5. The monoisotopic (exact) mass is 251 g/mol. The van der Waals surface area contributed by atoms with E-state index in [1.165, 1.54) is 0 Å². The van der Waals surface area contributed by atoms with E-state index in [1.807, 2.05) is 12.1 Å². The van der Waals surface area contributed by atoms with Crippen LogP contribution in [0.15, 0.2) is 24.3 Å². The van der Waals surface area contributed by atoms with Gasteiger partial charge in [-0.25, -0.2) is 0 Å². The van der Waals surface area contributed by atoms with Crippen molar-refractivity contribution in [1.29, 1.82) is 0 Å². The molecule has 0 unspecified atom stereocenters. The molecule has 1 aromatic rings. The van der Waals surface area contributed by atoms with Gasteiger partial charge in [-0.05, 0) is 30.5 Å². The molecule has 0 aromatic heterocycles. The molecule has 3 nitrogen and oxygen atoms in total. The van der Waals surface area contributed by atoms with Gasteiger partial charge in [0, 0.05) is 18.0 Å². The Bertz CT molecular complexity index is 416. The van der Waals surface area contributed by atoms with E-state index in [9.17, 15) is 9.59 Å². The Hall–Kier alpha value is -1.35. The lowest BCUT2D eigenvalue weighted by Crippen LogP contribution is -2.38. The van der Waals surface area contributed by atoms with E-state index in [0.717, 1.165) is 18.3 Å². The first kappa shape index (κ1) is 12.1. The van der Waals surface area contributed by atoms with Gasteiger partial charge in [0.2, 0.25) is 5.91 Å². The zero-order valence-electron chi connectivity index (χ0n) is 9.43. The first-order chi connectivity index (χ1) is 8.20. The Morgan fingerprint density at radius 3 is 2.59 bits per heavy atom. The Kier molecular flexibility index (Phi) is 3.79. The van der Waals surface area contributed by atoms with Crippen LogP contribution in [0.5, 0.6) is 0 Å². The van der Waals surface area contributed by atoms with Crippen LogP contribution in [0.1, 0.15) is 18.4 Å². The fourth-order valence-corrected chi connectivity index (χ4v) is 2.24. The summed E-state index contributed by atoms with van der Waals surface area (Å²) < 4.78 is 0. The number of benzene rings is 1. The highest BCUT2D eigenvalue weighted by molar-refractivity contribution is 6.30. The van der Waals surface area contributed by atoms with E-state index in [4.69, 9.17) is 11.6 Å². The molecule has 1 amide bonds. The summed E-state index contributed by atoms with van der Waals surface area (Å²) in [4.78, 5) is 24.3. The molecule has 1 fully saturated rings. The molecule has 17 heavy (non-hydrogen) atoms. The molecule has 1 atom stereocenters. The number of carbonyl (C=O) groups excluding carboxylic acids is 2. The minimum absolute atomic E-state index is 0.0797. The Morgan fingerprint density at radius 2 is 2.06 bits per heavy atom. The smallest absolute Gasteiger partial charge is 0.223 e. The van der Waals surface area contributed by atoms with Crippen molar-refractivity contribution >= 4 is 23.8 Å². The van der Waals surface area contributed by atoms with E-state index in [2.05, 4.69) is 0 Å². The van der Waals surface area contributed by atoms with E-state index in [0.29, 0.717) is 24.4 Å². The number of aldehydes is 1. The van der Waals surface area contributed by atoms with Crippen LogP contribution in [0.25, 0.3) is 0 Å². The maximum Gasteiger partial charge on any atom is 0.223 e. The third-order valence-electron chi connectivity index (χ3n) is 3.03. The van der Waals surface area contributed by atoms with Crippen molar-refractivity contribution in [3.05, 3.63) is 34.9 Å². The molecule has 90 valence electrons. The molecule has 0 spiro atoms. The third kappa shape index (κ3) is 2.86. The molecule has 1 aliphatic rings. The van der Waals surface area contributed by atoms with E-state index in [-0.39, 0.29) is 11.9 Å². The number of hydrogen-bond donors (Lipinski definition) is 0. The molecule has 2 rings (SSSR count). The van der Waals surface area contributed by atoms with Gasteiger partial charge in [0.25, 0.3) is 0 Å². The molecule has 0 radical (unpaired) electrons. The van der Waals surface area contributed by atoms with Gasteiger partial charge < -0.3 is 9.69 Å². The summed E-state index contributed by atoms with van der Waals surface area (Å²) in [5.41, 5.74) is 1.02. The highest BCUT2D eigenvalue weighted by Crippen LogP contribution is 2.17. The number of nitrogens with zero attached hydrogens (tertiary/aromatic N) is 1. The highest BCUT2D eigenvalue weighted by Gasteiger charge is 2.27. The minimum atomic E-state index is -0.342. The Morgan fingerprint density at radius 1 is 1.35 bits per heavy atom. The van der Waals surface area contributed by atoms with E-state index in [1.54, 1.807) is 17.0 Å². The summed E-state index contributed by atoms with van der Waals surface area (Å²) in [5.74, 6) is 0.0797. The van der Waals surface area contributed by atoms with Gasteiger partial charge >= 0.3 is 0 Å². The largest absolute Gasteiger partial charge is 0.333 e. The molecule has 0 aliphatic carbocycles. The topological polar surface area (TPSA) is 37.4 Å². The first-order valence-corrected chi connectivity index (χ1v) is 6.07. The maximum atomic E-state index is 11.6. The Labute approximate surface area is 105 Å². The molecule has 1 aliphatic heterocycles. The number of hydrogen-bond acceptors (Lipinski definition) is 2. The van der Waals surface area contributed by atoms with Crippen LogP contribution in [0.4, 0.5) is 0 Å². The Balaban J connectivity index is 2.07.